The maximum Gasteiger partial charge on any atom is 0.165 e. The zero-order valence-corrected chi connectivity index (χ0v) is 10.3. The van der Waals surface area contributed by atoms with Crippen LogP contribution >= 0.6 is 0 Å². The average molecular weight is 243 g/mol. The van der Waals surface area contributed by atoms with Crippen LogP contribution in [0.15, 0.2) is 30.3 Å². The first-order valence-corrected chi connectivity index (χ1v) is 5.67. The molecular formula is C13H17N5. The molecule has 5 heteroatoms. The van der Waals surface area contributed by atoms with Crippen molar-refractivity contribution in [1.82, 2.24) is 4.98 Å². The van der Waals surface area contributed by atoms with Gasteiger partial charge in [-0.1, -0.05) is 29.8 Å². The van der Waals surface area contributed by atoms with E-state index in [1.165, 1.54) is 11.1 Å². The summed E-state index contributed by atoms with van der Waals surface area (Å²) in [7, 11) is 0. The van der Waals surface area contributed by atoms with Crippen LogP contribution in [0.4, 0.5) is 17.3 Å². The van der Waals surface area contributed by atoms with Crippen molar-refractivity contribution in [3.63, 3.8) is 0 Å². The Kier molecular flexibility index (Phi) is 3.34. The molecule has 1 aromatic carbocycles. The molecule has 1 aromatic heterocycles. The van der Waals surface area contributed by atoms with Gasteiger partial charge < -0.3 is 16.9 Å². The van der Waals surface area contributed by atoms with E-state index < -0.39 is 0 Å². The third-order valence-electron chi connectivity index (χ3n) is 2.78. The molecule has 1 heterocycles. The first kappa shape index (κ1) is 12.2. The number of hydrogen-bond acceptors (Lipinski definition) is 5. The van der Waals surface area contributed by atoms with E-state index in [1.54, 1.807) is 6.07 Å². The third-order valence-corrected chi connectivity index (χ3v) is 2.78. The number of aryl methyl sites for hydroxylation is 1. The van der Waals surface area contributed by atoms with Crippen molar-refractivity contribution in [3.8, 4) is 0 Å². The summed E-state index contributed by atoms with van der Waals surface area (Å²) in [6.45, 7) is 2.06. The Morgan fingerprint density at radius 1 is 1.22 bits per heavy atom. The van der Waals surface area contributed by atoms with Gasteiger partial charge in [-0.2, -0.15) is 0 Å². The second kappa shape index (κ2) is 4.93. The molecular weight excluding hydrogens is 226 g/mol. The van der Waals surface area contributed by atoms with Gasteiger partial charge in [0.1, 0.15) is 5.82 Å². The number of nitrogens with zero attached hydrogens (tertiary/aromatic N) is 1. The van der Waals surface area contributed by atoms with Gasteiger partial charge in [-0.15, -0.1) is 0 Å². The number of benzene rings is 1. The minimum atomic E-state index is 0.403. The van der Waals surface area contributed by atoms with Crippen LogP contribution in [-0.4, -0.2) is 4.98 Å². The molecule has 2 rings (SSSR count). The van der Waals surface area contributed by atoms with E-state index in [0.29, 0.717) is 23.7 Å². The number of nitrogens with one attached hydrogen (secondary N) is 1. The Hall–Kier alpha value is -2.27. The minimum absolute atomic E-state index is 0.403. The monoisotopic (exact) mass is 243 g/mol. The van der Waals surface area contributed by atoms with E-state index in [4.69, 9.17) is 17.3 Å². The second-order valence-electron chi connectivity index (χ2n) is 4.28. The summed E-state index contributed by atoms with van der Waals surface area (Å²) in [5.74, 6) is 6.17. The minimum Gasteiger partial charge on any atom is -0.395 e. The number of aromatic nitrogens is 1. The molecule has 0 aliphatic rings. The largest absolute Gasteiger partial charge is 0.395 e. The van der Waals surface area contributed by atoms with Crippen molar-refractivity contribution in [2.45, 2.75) is 13.3 Å². The van der Waals surface area contributed by atoms with E-state index in [-0.39, 0.29) is 0 Å². The van der Waals surface area contributed by atoms with E-state index in [0.717, 1.165) is 5.56 Å². The summed E-state index contributed by atoms with van der Waals surface area (Å²) in [6.07, 6.45) is 0.703. The number of rotatable bonds is 3. The molecule has 0 saturated heterocycles. The van der Waals surface area contributed by atoms with Crippen molar-refractivity contribution >= 4 is 17.3 Å². The standard InChI is InChI=1S/C13H17N5/c1-8-3-2-4-9(5-8)6-10-7-11(14)17-13(18-16)12(10)15/h2-5,7H,6,15-16H2,1H3,(H3,14,17,18). The van der Waals surface area contributed by atoms with Crippen molar-refractivity contribution in [1.29, 1.82) is 0 Å². The lowest BCUT2D eigenvalue weighted by Gasteiger charge is -2.11. The van der Waals surface area contributed by atoms with Crippen LogP contribution in [0.2, 0.25) is 0 Å². The lowest BCUT2D eigenvalue weighted by atomic mass is 10.0. The van der Waals surface area contributed by atoms with Crippen molar-refractivity contribution < 1.29 is 0 Å². The van der Waals surface area contributed by atoms with Crippen LogP contribution in [0.25, 0.3) is 0 Å². The number of hydrogen-bond donors (Lipinski definition) is 4. The van der Waals surface area contributed by atoms with E-state index in [9.17, 15) is 0 Å². The van der Waals surface area contributed by atoms with Crippen LogP contribution in [0.3, 0.4) is 0 Å². The van der Waals surface area contributed by atoms with Gasteiger partial charge in [-0.3, -0.25) is 0 Å². The normalized spacial score (nSPS) is 10.3. The lowest BCUT2D eigenvalue weighted by Crippen LogP contribution is -2.13. The fraction of sp³-hybridized carbons (Fsp3) is 0.154. The molecule has 0 unspecified atom stereocenters. The fourth-order valence-electron chi connectivity index (χ4n) is 1.93. The third kappa shape index (κ3) is 2.52. The predicted molar refractivity (Wildman–Crippen MR) is 74.9 cm³/mol. The number of anilines is 3. The molecule has 0 amide bonds. The molecule has 0 atom stereocenters. The van der Waals surface area contributed by atoms with Gasteiger partial charge in [0.15, 0.2) is 5.82 Å². The average Bonchev–Trinajstić information content (AvgIpc) is 2.33. The van der Waals surface area contributed by atoms with E-state index in [2.05, 4.69) is 35.5 Å². The molecule has 0 spiro atoms. The Bertz CT molecular complexity index is 565. The number of pyridine rings is 1. The molecule has 0 radical (unpaired) electrons. The highest BCUT2D eigenvalue weighted by molar-refractivity contribution is 5.68. The molecule has 7 N–H and O–H groups in total. The van der Waals surface area contributed by atoms with Gasteiger partial charge >= 0.3 is 0 Å². The Labute approximate surface area is 106 Å². The molecule has 0 aliphatic carbocycles. The molecule has 2 aromatic rings. The summed E-state index contributed by atoms with van der Waals surface area (Å²) in [5.41, 5.74) is 18.0. The quantitative estimate of drug-likeness (QED) is 0.482. The lowest BCUT2D eigenvalue weighted by molar-refractivity contribution is 1.15. The highest BCUT2D eigenvalue weighted by Crippen LogP contribution is 2.24. The summed E-state index contributed by atoms with van der Waals surface area (Å²) >= 11 is 0. The molecule has 0 saturated carbocycles. The molecule has 0 fully saturated rings. The Balaban J connectivity index is 2.37. The first-order valence-electron chi connectivity index (χ1n) is 5.67. The maximum absolute atomic E-state index is 5.99. The highest BCUT2D eigenvalue weighted by Gasteiger charge is 2.08. The van der Waals surface area contributed by atoms with E-state index in [1.807, 2.05) is 6.07 Å². The van der Waals surface area contributed by atoms with Crippen LogP contribution in [0.1, 0.15) is 16.7 Å². The molecule has 0 aliphatic heterocycles. The fourth-order valence-corrected chi connectivity index (χ4v) is 1.93. The Morgan fingerprint density at radius 3 is 2.67 bits per heavy atom. The zero-order valence-electron chi connectivity index (χ0n) is 10.3. The summed E-state index contributed by atoms with van der Waals surface area (Å²) in [6, 6.07) is 10.0. The number of nitrogen functional groups attached to an aromatic ring is 3. The smallest absolute Gasteiger partial charge is 0.165 e. The van der Waals surface area contributed by atoms with Crippen molar-refractivity contribution in [2.24, 2.45) is 5.84 Å². The molecule has 18 heavy (non-hydrogen) atoms. The second-order valence-corrected chi connectivity index (χ2v) is 4.28. The van der Waals surface area contributed by atoms with Gasteiger partial charge in [0, 0.05) is 0 Å². The predicted octanol–water partition coefficient (Wildman–Crippen LogP) is 1.43. The summed E-state index contributed by atoms with van der Waals surface area (Å²) in [4.78, 5) is 4.03. The van der Waals surface area contributed by atoms with Crippen LogP contribution < -0.4 is 22.7 Å². The van der Waals surface area contributed by atoms with E-state index >= 15 is 0 Å². The SMILES string of the molecule is Cc1cccc(Cc2cc(N)nc(NN)c2N)c1. The van der Waals surface area contributed by atoms with Crippen LogP contribution in [0.5, 0.6) is 0 Å². The van der Waals surface area contributed by atoms with Crippen molar-refractivity contribution in [3.05, 3.63) is 47.0 Å². The topological polar surface area (TPSA) is 103 Å². The number of hydrazine groups is 1. The summed E-state index contributed by atoms with van der Waals surface area (Å²) < 4.78 is 0. The molecule has 5 nitrogen and oxygen atoms in total. The molecule has 94 valence electrons. The maximum atomic E-state index is 5.99. The summed E-state index contributed by atoms with van der Waals surface area (Å²) in [5, 5.41) is 0. The van der Waals surface area contributed by atoms with Crippen molar-refractivity contribution in [2.75, 3.05) is 16.9 Å². The van der Waals surface area contributed by atoms with Crippen LogP contribution in [0, 0.1) is 6.92 Å². The highest BCUT2D eigenvalue weighted by atomic mass is 15.3. The number of nitrogens with two attached hydrogens (primary N) is 3. The Morgan fingerprint density at radius 2 is 2.00 bits per heavy atom. The van der Waals surface area contributed by atoms with Gasteiger partial charge in [0.2, 0.25) is 0 Å². The van der Waals surface area contributed by atoms with Crippen LogP contribution in [-0.2, 0) is 6.42 Å². The van der Waals surface area contributed by atoms with Gasteiger partial charge in [-0.05, 0) is 30.5 Å². The van der Waals surface area contributed by atoms with Gasteiger partial charge in [-0.25, -0.2) is 10.8 Å². The van der Waals surface area contributed by atoms with Gasteiger partial charge in [0.25, 0.3) is 0 Å². The van der Waals surface area contributed by atoms with Gasteiger partial charge in [0.05, 0.1) is 5.69 Å². The molecule has 0 bridgehead atoms. The first-order chi connectivity index (χ1) is 8.60. The zero-order chi connectivity index (χ0) is 13.1.